The predicted molar refractivity (Wildman–Crippen MR) is 250 cm³/mol. The maximum atomic E-state index is 14.6. The van der Waals surface area contributed by atoms with Gasteiger partial charge in [0.25, 0.3) is 5.91 Å². The van der Waals surface area contributed by atoms with Crippen LogP contribution in [0.15, 0.2) is 66.2 Å². The number of fused-ring (bicyclic) bond motifs is 1. The molecule has 1 unspecified atom stereocenters. The molecule has 4 aromatic rings. The summed E-state index contributed by atoms with van der Waals surface area (Å²) in [4.78, 5) is 74.0. The fourth-order valence-electron chi connectivity index (χ4n) is 8.32. The number of anilines is 3. The highest BCUT2D eigenvalue weighted by atomic mass is 35.5. The van der Waals surface area contributed by atoms with E-state index in [4.69, 9.17) is 40.3 Å². The summed E-state index contributed by atoms with van der Waals surface area (Å²) in [5.41, 5.74) is 1.50. The van der Waals surface area contributed by atoms with Gasteiger partial charge in [0.1, 0.15) is 18.5 Å². The average Bonchev–Trinajstić information content (AvgIpc) is 3.97. The van der Waals surface area contributed by atoms with E-state index >= 15 is 0 Å². The highest BCUT2D eigenvalue weighted by Crippen LogP contribution is 2.41. The van der Waals surface area contributed by atoms with E-state index in [1.165, 1.54) is 22.3 Å². The highest BCUT2D eigenvalue weighted by molar-refractivity contribution is 7.13. The number of nitrogens with zero attached hydrogens (tertiary/aromatic N) is 3. The lowest BCUT2D eigenvalue weighted by Gasteiger charge is -2.39. The third-order valence-corrected chi connectivity index (χ3v) is 12.8. The fraction of sp³-hybridized carbons (Fsp3) is 0.468. The number of rotatable bonds is 26. The molecule has 0 bridgehead atoms. The van der Waals surface area contributed by atoms with E-state index in [0.717, 1.165) is 10.8 Å². The average molecular weight is 980 g/mol. The second kappa shape index (κ2) is 25.1. The molecule has 21 heteroatoms. The number of halogens is 2. The van der Waals surface area contributed by atoms with Crippen molar-refractivity contribution < 1.29 is 52.0 Å². The molecular weight excluding hydrogens is 923 g/mol. The van der Waals surface area contributed by atoms with Gasteiger partial charge in [-0.2, -0.15) is 0 Å². The van der Waals surface area contributed by atoms with Crippen LogP contribution in [0.2, 0.25) is 5.02 Å². The lowest BCUT2D eigenvalue weighted by Crippen LogP contribution is -2.52. The smallest absolute Gasteiger partial charge is 0.255 e. The van der Waals surface area contributed by atoms with E-state index in [2.05, 4.69) is 31.6 Å². The van der Waals surface area contributed by atoms with Crippen LogP contribution >= 0.6 is 22.9 Å². The van der Waals surface area contributed by atoms with Crippen LogP contribution < -0.4 is 31.3 Å². The van der Waals surface area contributed by atoms with Gasteiger partial charge in [0.05, 0.1) is 62.8 Å². The maximum absolute atomic E-state index is 14.6. The van der Waals surface area contributed by atoms with Gasteiger partial charge in [-0.3, -0.25) is 29.3 Å². The molecule has 0 radical (unpaired) electrons. The normalized spacial score (nSPS) is 19.1. The number of benzene rings is 2. The molecule has 3 aliphatic rings. The molecule has 2 fully saturated rings. The Bertz CT molecular complexity index is 2360. The minimum Gasteiger partial charge on any atom is -0.487 e. The largest absolute Gasteiger partial charge is 0.487 e. The van der Waals surface area contributed by atoms with Gasteiger partial charge in [-0.15, -0.1) is 11.3 Å². The first kappa shape index (κ1) is 50.3. The zero-order valence-corrected chi connectivity index (χ0v) is 39.1. The third-order valence-electron chi connectivity index (χ3n) is 11.8. The minimum atomic E-state index is -0.748. The molecule has 1 atom stereocenters. The van der Waals surface area contributed by atoms with Crippen LogP contribution in [-0.4, -0.2) is 129 Å². The summed E-state index contributed by atoms with van der Waals surface area (Å²) in [7, 11) is 0. The number of piperidine rings is 1. The second-order valence-electron chi connectivity index (χ2n) is 16.5. The van der Waals surface area contributed by atoms with Crippen molar-refractivity contribution in [2.24, 2.45) is 5.41 Å². The second-order valence-corrected chi connectivity index (χ2v) is 17.8. The Morgan fingerprint density at radius 1 is 0.882 bits per heavy atom. The molecule has 2 aromatic heterocycles. The summed E-state index contributed by atoms with van der Waals surface area (Å²) < 4.78 is 43.0. The molecule has 0 spiro atoms. The molecule has 5 N–H and O–H groups in total. The number of imide groups is 1. The van der Waals surface area contributed by atoms with Gasteiger partial charge >= 0.3 is 0 Å². The molecule has 2 aliphatic heterocycles. The van der Waals surface area contributed by atoms with Crippen molar-refractivity contribution in [3.05, 3.63) is 93.8 Å². The Labute approximate surface area is 402 Å². The Morgan fingerprint density at radius 2 is 1.60 bits per heavy atom. The Balaban J connectivity index is 0.720. The standard InChI is InChI=1S/C47H56ClFN8O10S/c48-35-6-3-8-38(42(35)49)67-32-12-14-47(15-13-32,28-31-4-1-9-39(53-31)55-46-52-19-27-68-46)45(62)51-18-22-63-20-16-50-17-21-64-23-24-65-25-26-66-30-41(59)54-36-7-2-5-33-34(36)29-57(44(33)61)37-10-11-40(58)56-43(37)60/h1-9,19,27,32,37,50H,10-18,20-26,28-30H2,(H,51,62)(H,54,59)(H,52,53,55)(H,56,58,60). The van der Waals surface area contributed by atoms with Crippen LogP contribution in [0.3, 0.4) is 0 Å². The zero-order valence-electron chi connectivity index (χ0n) is 37.5. The van der Waals surface area contributed by atoms with Crippen LogP contribution in [0, 0.1) is 11.2 Å². The van der Waals surface area contributed by atoms with E-state index in [0.29, 0.717) is 107 Å². The van der Waals surface area contributed by atoms with E-state index in [-0.39, 0.29) is 73.8 Å². The number of aromatic nitrogens is 2. The van der Waals surface area contributed by atoms with Crippen molar-refractivity contribution in [1.82, 2.24) is 30.8 Å². The number of hydrogen-bond donors (Lipinski definition) is 5. The molecule has 364 valence electrons. The molecule has 1 saturated heterocycles. The van der Waals surface area contributed by atoms with E-state index in [1.54, 1.807) is 36.5 Å². The van der Waals surface area contributed by atoms with Gasteiger partial charge in [-0.25, -0.2) is 14.4 Å². The van der Waals surface area contributed by atoms with Crippen molar-refractivity contribution in [3.8, 4) is 5.75 Å². The summed E-state index contributed by atoms with van der Waals surface area (Å²) in [6, 6.07) is 14.6. The van der Waals surface area contributed by atoms with Gasteiger partial charge < -0.3 is 49.9 Å². The zero-order chi connectivity index (χ0) is 47.7. The summed E-state index contributed by atoms with van der Waals surface area (Å²) in [5, 5.41) is 17.2. The van der Waals surface area contributed by atoms with Crippen LogP contribution in [0.1, 0.15) is 60.1 Å². The molecule has 1 aliphatic carbocycles. The quantitative estimate of drug-likeness (QED) is 0.0422. The lowest BCUT2D eigenvalue weighted by atomic mass is 9.69. The van der Waals surface area contributed by atoms with Crippen molar-refractivity contribution in [2.75, 3.05) is 83.1 Å². The van der Waals surface area contributed by atoms with E-state index < -0.39 is 29.1 Å². The van der Waals surface area contributed by atoms with Gasteiger partial charge in [0.2, 0.25) is 23.6 Å². The van der Waals surface area contributed by atoms with E-state index in [9.17, 15) is 28.4 Å². The number of ether oxygens (including phenoxy) is 5. The number of carbonyl (C=O) groups excluding carboxylic acids is 5. The predicted octanol–water partition coefficient (Wildman–Crippen LogP) is 4.80. The molecule has 68 heavy (non-hydrogen) atoms. The van der Waals surface area contributed by atoms with Gasteiger partial charge in [0, 0.05) is 73.1 Å². The van der Waals surface area contributed by atoms with Crippen molar-refractivity contribution in [2.45, 2.75) is 63.6 Å². The number of amides is 5. The summed E-state index contributed by atoms with van der Waals surface area (Å²) >= 11 is 7.45. The van der Waals surface area contributed by atoms with Crippen molar-refractivity contribution >= 4 is 69.1 Å². The minimum absolute atomic E-state index is 0.00124. The van der Waals surface area contributed by atoms with E-state index in [1.807, 2.05) is 23.6 Å². The number of nitrogens with one attached hydrogen (secondary N) is 5. The highest BCUT2D eigenvalue weighted by Gasteiger charge is 2.43. The lowest BCUT2D eigenvalue weighted by molar-refractivity contribution is -0.137. The number of hydrogen-bond acceptors (Lipinski definition) is 15. The van der Waals surface area contributed by atoms with Gasteiger partial charge in [-0.1, -0.05) is 29.8 Å². The first-order valence-electron chi connectivity index (χ1n) is 22.7. The first-order chi connectivity index (χ1) is 33.1. The molecule has 2 aromatic carbocycles. The number of thiazole rings is 1. The topological polar surface area (TPSA) is 221 Å². The Hall–Kier alpha value is -5.61. The van der Waals surface area contributed by atoms with Crippen molar-refractivity contribution in [3.63, 3.8) is 0 Å². The van der Waals surface area contributed by atoms with Crippen LogP contribution in [0.25, 0.3) is 0 Å². The van der Waals surface area contributed by atoms with Crippen LogP contribution in [-0.2, 0) is 51.1 Å². The molecule has 1 saturated carbocycles. The molecule has 4 heterocycles. The molecule has 18 nitrogen and oxygen atoms in total. The molecule has 7 rings (SSSR count). The summed E-state index contributed by atoms with van der Waals surface area (Å²) in [6.45, 7) is 3.91. The summed E-state index contributed by atoms with van der Waals surface area (Å²) in [6.07, 6.45) is 4.42. The Kier molecular flexibility index (Phi) is 18.6. The van der Waals surface area contributed by atoms with Crippen LogP contribution in [0.4, 0.5) is 21.0 Å². The molecule has 5 amide bonds. The third kappa shape index (κ3) is 14.0. The summed E-state index contributed by atoms with van der Waals surface area (Å²) in [5.74, 6) is -1.50. The van der Waals surface area contributed by atoms with Crippen molar-refractivity contribution in [1.29, 1.82) is 0 Å². The monoisotopic (exact) mass is 978 g/mol. The maximum Gasteiger partial charge on any atom is 0.255 e. The van der Waals surface area contributed by atoms with Gasteiger partial charge in [0.15, 0.2) is 16.7 Å². The SMILES string of the molecule is O=C1CCC(N2Cc3c(NC(=O)COCCOCCOCCNCCOCCNC(=O)C4(Cc5cccc(Nc6nccs6)n5)CCC(Oc5cccc(Cl)c5F)CC4)cccc3C2=O)C(=O)N1. The number of carbonyl (C=O) groups is 5. The molecular formula is C47H56ClFN8O10S. The van der Waals surface area contributed by atoms with Crippen LogP contribution in [0.5, 0.6) is 5.75 Å². The van der Waals surface area contributed by atoms with Gasteiger partial charge in [-0.05, 0) is 68.5 Å². The Morgan fingerprint density at radius 3 is 2.37 bits per heavy atom. The fourth-order valence-corrected chi connectivity index (χ4v) is 9.02. The number of pyridine rings is 1. The first-order valence-corrected chi connectivity index (χ1v) is 23.9.